The molecule has 0 spiro atoms. The Hall–Kier alpha value is -1.61. The number of aryl methyl sites for hydroxylation is 2. The summed E-state index contributed by atoms with van der Waals surface area (Å²) in [6, 6.07) is 14.1. The minimum absolute atomic E-state index is 0.709. The van der Waals surface area contributed by atoms with Crippen molar-refractivity contribution in [3.05, 3.63) is 53.6 Å². The van der Waals surface area contributed by atoms with Crippen LogP contribution in [0.15, 0.2) is 47.4 Å². The van der Waals surface area contributed by atoms with Crippen molar-refractivity contribution in [2.75, 3.05) is 18.1 Å². The molecular weight excluding hydrogens is 254 g/mol. The summed E-state index contributed by atoms with van der Waals surface area (Å²) < 4.78 is 5.87. The lowest BCUT2D eigenvalue weighted by atomic mass is 10.1. The van der Waals surface area contributed by atoms with Crippen LogP contribution in [0.2, 0.25) is 0 Å². The standard InChI is InChI=1S/C16H19NOS/c1-12-4-3-5-13(2)16(12)18-10-11-19-15-8-6-14(17)7-9-15/h3-9H,10-11,17H2,1-2H3. The van der Waals surface area contributed by atoms with Gasteiger partial charge in [-0.3, -0.25) is 0 Å². The maximum atomic E-state index is 5.87. The molecule has 0 saturated heterocycles. The topological polar surface area (TPSA) is 35.2 Å². The fourth-order valence-electron chi connectivity index (χ4n) is 1.89. The van der Waals surface area contributed by atoms with Gasteiger partial charge >= 0.3 is 0 Å². The van der Waals surface area contributed by atoms with Gasteiger partial charge in [-0.05, 0) is 49.2 Å². The van der Waals surface area contributed by atoms with Crippen LogP contribution in [0.1, 0.15) is 11.1 Å². The Labute approximate surface area is 119 Å². The number of benzene rings is 2. The highest BCUT2D eigenvalue weighted by Crippen LogP contribution is 2.23. The minimum atomic E-state index is 0.709. The highest BCUT2D eigenvalue weighted by atomic mass is 32.2. The van der Waals surface area contributed by atoms with E-state index in [1.807, 2.05) is 24.3 Å². The fourth-order valence-corrected chi connectivity index (χ4v) is 2.63. The molecule has 0 heterocycles. The van der Waals surface area contributed by atoms with Gasteiger partial charge < -0.3 is 10.5 Å². The van der Waals surface area contributed by atoms with Gasteiger partial charge in [-0.15, -0.1) is 11.8 Å². The second-order valence-corrected chi connectivity index (χ2v) is 5.66. The van der Waals surface area contributed by atoms with Crippen molar-refractivity contribution in [1.82, 2.24) is 0 Å². The largest absolute Gasteiger partial charge is 0.492 e. The fraction of sp³-hybridized carbons (Fsp3) is 0.250. The monoisotopic (exact) mass is 273 g/mol. The van der Waals surface area contributed by atoms with Crippen LogP contribution in [0.25, 0.3) is 0 Å². The van der Waals surface area contributed by atoms with E-state index in [4.69, 9.17) is 10.5 Å². The average Bonchev–Trinajstić information content (AvgIpc) is 2.39. The molecule has 0 amide bonds. The first kappa shape index (κ1) is 13.8. The molecule has 0 bridgehead atoms. The van der Waals surface area contributed by atoms with E-state index in [9.17, 15) is 0 Å². The number of hydrogen-bond acceptors (Lipinski definition) is 3. The van der Waals surface area contributed by atoms with Crippen LogP contribution in [-0.2, 0) is 0 Å². The molecule has 0 saturated carbocycles. The van der Waals surface area contributed by atoms with Gasteiger partial charge in [0.1, 0.15) is 5.75 Å². The first-order chi connectivity index (χ1) is 9.16. The Kier molecular flexibility index (Phi) is 4.74. The quantitative estimate of drug-likeness (QED) is 0.507. The number of para-hydroxylation sites is 1. The first-order valence-corrected chi connectivity index (χ1v) is 7.33. The van der Waals surface area contributed by atoms with Gasteiger partial charge in [-0.1, -0.05) is 18.2 Å². The van der Waals surface area contributed by atoms with Gasteiger partial charge in [-0.2, -0.15) is 0 Å². The van der Waals surface area contributed by atoms with E-state index in [2.05, 4.69) is 32.0 Å². The predicted octanol–water partition coefficient (Wildman–Crippen LogP) is 4.06. The van der Waals surface area contributed by atoms with E-state index >= 15 is 0 Å². The number of rotatable bonds is 5. The molecule has 2 nitrogen and oxygen atoms in total. The molecule has 100 valence electrons. The summed E-state index contributed by atoms with van der Waals surface area (Å²) in [5.41, 5.74) is 8.84. The zero-order chi connectivity index (χ0) is 13.7. The third kappa shape index (κ3) is 3.93. The smallest absolute Gasteiger partial charge is 0.125 e. The van der Waals surface area contributed by atoms with Crippen LogP contribution in [0, 0.1) is 13.8 Å². The van der Waals surface area contributed by atoms with Crippen molar-refractivity contribution >= 4 is 17.4 Å². The summed E-state index contributed by atoms with van der Waals surface area (Å²) in [5, 5.41) is 0. The Morgan fingerprint density at radius 2 is 1.63 bits per heavy atom. The second-order valence-electron chi connectivity index (χ2n) is 4.49. The van der Waals surface area contributed by atoms with Crippen LogP contribution in [0.4, 0.5) is 5.69 Å². The van der Waals surface area contributed by atoms with Crippen LogP contribution in [0.5, 0.6) is 5.75 Å². The molecule has 2 N–H and O–H groups in total. The summed E-state index contributed by atoms with van der Waals surface area (Å²) in [6.07, 6.45) is 0. The zero-order valence-electron chi connectivity index (χ0n) is 11.3. The number of nitrogens with two attached hydrogens (primary N) is 1. The van der Waals surface area contributed by atoms with E-state index < -0.39 is 0 Å². The third-order valence-electron chi connectivity index (χ3n) is 2.89. The summed E-state index contributed by atoms with van der Waals surface area (Å²) in [5.74, 6) is 1.94. The Balaban J connectivity index is 1.82. The summed E-state index contributed by atoms with van der Waals surface area (Å²) in [4.78, 5) is 1.22. The molecule has 19 heavy (non-hydrogen) atoms. The minimum Gasteiger partial charge on any atom is -0.492 e. The predicted molar refractivity (Wildman–Crippen MR) is 83.0 cm³/mol. The molecule has 0 aliphatic heterocycles. The SMILES string of the molecule is Cc1cccc(C)c1OCCSc1ccc(N)cc1. The molecule has 0 atom stereocenters. The lowest BCUT2D eigenvalue weighted by molar-refractivity contribution is 0.339. The highest BCUT2D eigenvalue weighted by Gasteiger charge is 2.02. The van der Waals surface area contributed by atoms with E-state index in [-0.39, 0.29) is 0 Å². The van der Waals surface area contributed by atoms with Gasteiger partial charge in [0.25, 0.3) is 0 Å². The van der Waals surface area contributed by atoms with E-state index in [0.29, 0.717) is 6.61 Å². The lowest BCUT2D eigenvalue weighted by Gasteiger charge is -2.11. The number of anilines is 1. The van der Waals surface area contributed by atoms with Crippen LogP contribution in [0.3, 0.4) is 0 Å². The Bertz CT molecular complexity index is 517. The molecule has 0 aliphatic carbocycles. The molecule has 0 aromatic heterocycles. The second kappa shape index (κ2) is 6.53. The zero-order valence-corrected chi connectivity index (χ0v) is 12.2. The van der Waals surface area contributed by atoms with Crippen LogP contribution < -0.4 is 10.5 Å². The molecule has 0 fully saturated rings. The number of nitrogen functional groups attached to an aromatic ring is 1. The number of thioether (sulfide) groups is 1. The molecule has 0 aliphatic rings. The number of hydrogen-bond donors (Lipinski definition) is 1. The van der Waals surface area contributed by atoms with E-state index in [1.54, 1.807) is 11.8 Å². The molecule has 2 aromatic carbocycles. The van der Waals surface area contributed by atoms with Gasteiger partial charge in [0.15, 0.2) is 0 Å². The molecular formula is C16H19NOS. The molecule has 0 radical (unpaired) electrons. The highest BCUT2D eigenvalue weighted by molar-refractivity contribution is 7.99. The third-order valence-corrected chi connectivity index (χ3v) is 3.86. The molecule has 2 aromatic rings. The average molecular weight is 273 g/mol. The maximum absolute atomic E-state index is 5.87. The summed E-state index contributed by atoms with van der Waals surface area (Å²) in [7, 11) is 0. The Morgan fingerprint density at radius 3 is 2.26 bits per heavy atom. The van der Waals surface area contributed by atoms with Crippen molar-refractivity contribution < 1.29 is 4.74 Å². The molecule has 0 unspecified atom stereocenters. The first-order valence-electron chi connectivity index (χ1n) is 6.34. The van der Waals surface area contributed by atoms with Crippen molar-refractivity contribution in [1.29, 1.82) is 0 Å². The summed E-state index contributed by atoms with van der Waals surface area (Å²) in [6.45, 7) is 4.87. The lowest BCUT2D eigenvalue weighted by Crippen LogP contribution is -2.02. The van der Waals surface area contributed by atoms with Gasteiger partial charge in [0.2, 0.25) is 0 Å². The van der Waals surface area contributed by atoms with Crippen LogP contribution in [-0.4, -0.2) is 12.4 Å². The van der Waals surface area contributed by atoms with E-state index in [1.165, 1.54) is 16.0 Å². The van der Waals surface area contributed by atoms with Gasteiger partial charge in [0, 0.05) is 16.3 Å². The summed E-state index contributed by atoms with van der Waals surface area (Å²) >= 11 is 1.78. The van der Waals surface area contributed by atoms with Gasteiger partial charge in [0.05, 0.1) is 6.61 Å². The molecule has 2 rings (SSSR count). The molecule has 3 heteroatoms. The Morgan fingerprint density at radius 1 is 1.00 bits per heavy atom. The van der Waals surface area contributed by atoms with E-state index in [0.717, 1.165) is 17.2 Å². The normalized spacial score (nSPS) is 10.4. The van der Waals surface area contributed by atoms with Crippen molar-refractivity contribution in [2.45, 2.75) is 18.7 Å². The van der Waals surface area contributed by atoms with Crippen molar-refractivity contribution in [2.24, 2.45) is 0 Å². The number of ether oxygens (including phenoxy) is 1. The van der Waals surface area contributed by atoms with Crippen LogP contribution >= 0.6 is 11.8 Å². The van der Waals surface area contributed by atoms with Gasteiger partial charge in [-0.25, -0.2) is 0 Å². The van der Waals surface area contributed by atoms with Crippen molar-refractivity contribution in [3.8, 4) is 5.75 Å². The maximum Gasteiger partial charge on any atom is 0.125 e. The van der Waals surface area contributed by atoms with Crippen molar-refractivity contribution in [3.63, 3.8) is 0 Å².